The topological polar surface area (TPSA) is 32.8 Å². The molecule has 3 aromatic rings. The summed E-state index contributed by atoms with van der Waals surface area (Å²) in [6.07, 6.45) is 0. The van der Waals surface area contributed by atoms with Gasteiger partial charge in [0.2, 0.25) is 0 Å². The highest BCUT2D eigenvalue weighted by atomic mass is 32.1. The zero-order valence-corrected chi connectivity index (χ0v) is 12.3. The van der Waals surface area contributed by atoms with Crippen LogP contribution in [0.3, 0.4) is 0 Å². The fraction of sp³-hybridized carbons (Fsp3) is 0.0667. The minimum atomic E-state index is 0.608. The van der Waals surface area contributed by atoms with E-state index in [1.54, 1.807) is 0 Å². The first-order chi connectivity index (χ1) is 9.75. The molecule has 2 aromatic carbocycles. The van der Waals surface area contributed by atoms with Crippen molar-refractivity contribution in [2.24, 2.45) is 0 Å². The molecule has 0 bridgehead atoms. The SMILES string of the molecule is S=C(NCc1ccccc1)n1c(=S)[nH]c2ccccc21. The molecule has 0 saturated heterocycles. The maximum Gasteiger partial charge on any atom is 0.184 e. The van der Waals surface area contributed by atoms with Crippen molar-refractivity contribution in [2.75, 3.05) is 0 Å². The van der Waals surface area contributed by atoms with Crippen molar-refractivity contribution in [3.8, 4) is 0 Å². The smallest absolute Gasteiger partial charge is 0.184 e. The third-order valence-corrected chi connectivity index (χ3v) is 3.69. The Labute approximate surface area is 127 Å². The number of nitrogens with zero attached hydrogens (tertiary/aromatic N) is 1. The number of hydrogen-bond acceptors (Lipinski definition) is 2. The standard InChI is InChI=1S/C15H13N3S2/c19-14(16-10-11-6-2-1-3-7-11)18-13-9-5-4-8-12(13)17-15(18)20/h1-9H,10H2,(H,16,19)(H,17,20). The van der Waals surface area contributed by atoms with Crippen LogP contribution in [0.4, 0.5) is 0 Å². The molecule has 0 aliphatic carbocycles. The monoisotopic (exact) mass is 299 g/mol. The Morgan fingerprint density at radius 3 is 2.55 bits per heavy atom. The number of rotatable bonds is 2. The zero-order valence-electron chi connectivity index (χ0n) is 10.7. The second-order valence-corrected chi connectivity index (χ2v) is 5.20. The van der Waals surface area contributed by atoms with Crippen molar-refractivity contribution >= 4 is 40.6 Å². The molecule has 1 aromatic heterocycles. The van der Waals surface area contributed by atoms with Gasteiger partial charge in [-0.05, 0) is 42.1 Å². The summed E-state index contributed by atoms with van der Waals surface area (Å²) < 4.78 is 2.46. The van der Waals surface area contributed by atoms with Gasteiger partial charge in [0.25, 0.3) is 0 Å². The third kappa shape index (κ3) is 2.50. The van der Waals surface area contributed by atoms with E-state index < -0.39 is 0 Å². The van der Waals surface area contributed by atoms with E-state index in [9.17, 15) is 0 Å². The summed E-state index contributed by atoms with van der Waals surface area (Å²) in [7, 11) is 0. The van der Waals surface area contributed by atoms with E-state index in [-0.39, 0.29) is 0 Å². The van der Waals surface area contributed by atoms with E-state index in [0.717, 1.165) is 11.0 Å². The molecule has 5 heteroatoms. The Kier molecular flexibility index (Phi) is 3.62. The van der Waals surface area contributed by atoms with E-state index in [0.29, 0.717) is 16.4 Å². The van der Waals surface area contributed by atoms with Gasteiger partial charge in [0.1, 0.15) is 0 Å². The maximum absolute atomic E-state index is 5.45. The minimum Gasteiger partial charge on any atom is -0.358 e. The lowest BCUT2D eigenvalue weighted by Crippen LogP contribution is -2.27. The molecule has 20 heavy (non-hydrogen) atoms. The van der Waals surface area contributed by atoms with Crippen molar-refractivity contribution in [2.45, 2.75) is 6.54 Å². The average molecular weight is 299 g/mol. The number of H-pyrrole nitrogens is 1. The Morgan fingerprint density at radius 1 is 1.05 bits per heavy atom. The molecule has 0 amide bonds. The van der Waals surface area contributed by atoms with Crippen molar-refractivity contribution in [3.63, 3.8) is 0 Å². The molecule has 0 saturated carbocycles. The summed E-state index contributed by atoms with van der Waals surface area (Å²) in [5.41, 5.74) is 3.16. The van der Waals surface area contributed by atoms with Gasteiger partial charge in [-0.2, -0.15) is 0 Å². The van der Waals surface area contributed by atoms with Crippen molar-refractivity contribution in [3.05, 3.63) is 64.9 Å². The molecule has 0 spiro atoms. The zero-order chi connectivity index (χ0) is 13.9. The number of fused-ring (bicyclic) bond motifs is 1. The third-order valence-electron chi connectivity index (χ3n) is 3.08. The maximum atomic E-state index is 5.45. The molecule has 0 unspecified atom stereocenters. The van der Waals surface area contributed by atoms with E-state index in [2.05, 4.69) is 22.4 Å². The minimum absolute atomic E-state index is 0.608. The molecular weight excluding hydrogens is 286 g/mol. The van der Waals surface area contributed by atoms with Crippen LogP contribution in [0.15, 0.2) is 54.6 Å². The second kappa shape index (κ2) is 5.56. The Morgan fingerprint density at radius 2 is 1.75 bits per heavy atom. The first-order valence-corrected chi connectivity index (χ1v) is 7.09. The van der Waals surface area contributed by atoms with Crippen molar-refractivity contribution in [1.82, 2.24) is 14.9 Å². The lowest BCUT2D eigenvalue weighted by molar-refractivity contribution is 0.888. The van der Waals surface area contributed by atoms with Gasteiger partial charge in [-0.1, -0.05) is 42.5 Å². The molecule has 0 aliphatic rings. The lowest BCUT2D eigenvalue weighted by Gasteiger charge is -2.09. The van der Waals surface area contributed by atoms with E-state index in [1.807, 2.05) is 47.0 Å². The van der Waals surface area contributed by atoms with Crippen LogP contribution < -0.4 is 5.32 Å². The molecule has 0 radical (unpaired) electrons. The molecule has 3 rings (SSSR count). The number of hydrogen-bond donors (Lipinski definition) is 2. The molecule has 1 heterocycles. The number of aromatic nitrogens is 2. The van der Waals surface area contributed by atoms with Crippen LogP contribution in [0, 0.1) is 4.77 Å². The van der Waals surface area contributed by atoms with Gasteiger partial charge in [0.05, 0.1) is 11.0 Å². The van der Waals surface area contributed by atoms with Crippen LogP contribution in [-0.4, -0.2) is 14.7 Å². The quantitative estimate of drug-likeness (QED) is 0.709. The molecule has 3 nitrogen and oxygen atoms in total. The van der Waals surface area contributed by atoms with Crippen molar-refractivity contribution in [1.29, 1.82) is 0 Å². The summed E-state index contributed by atoms with van der Waals surface area (Å²) in [5.74, 6) is 0. The lowest BCUT2D eigenvalue weighted by atomic mass is 10.2. The number of para-hydroxylation sites is 2. The van der Waals surface area contributed by atoms with Gasteiger partial charge in [0, 0.05) is 6.54 Å². The highest BCUT2D eigenvalue weighted by Gasteiger charge is 2.07. The van der Waals surface area contributed by atoms with Crippen LogP contribution in [-0.2, 0) is 6.54 Å². The van der Waals surface area contributed by atoms with Gasteiger partial charge >= 0.3 is 0 Å². The van der Waals surface area contributed by atoms with Gasteiger partial charge < -0.3 is 10.3 Å². The van der Waals surface area contributed by atoms with Gasteiger partial charge in [-0.15, -0.1) is 0 Å². The van der Waals surface area contributed by atoms with E-state index >= 15 is 0 Å². The van der Waals surface area contributed by atoms with Crippen LogP contribution >= 0.6 is 24.4 Å². The van der Waals surface area contributed by atoms with E-state index in [1.165, 1.54) is 5.56 Å². The first-order valence-electron chi connectivity index (χ1n) is 6.27. The highest BCUT2D eigenvalue weighted by Crippen LogP contribution is 2.13. The van der Waals surface area contributed by atoms with Crippen molar-refractivity contribution < 1.29 is 0 Å². The van der Waals surface area contributed by atoms with Crippen LogP contribution in [0.1, 0.15) is 5.56 Å². The van der Waals surface area contributed by atoms with Crippen LogP contribution in [0.2, 0.25) is 0 Å². The Hall–Kier alpha value is -1.98. The van der Waals surface area contributed by atoms with Crippen LogP contribution in [0.25, 0.3) is 11.0 Å². The summed E-state index contributed by atoms with van der Waals surface area (Å²) in [6, 6.07) is 18.1. The Balaban J connectivity index is 1.86. The summed E-state index contributed by atoms with van der Waals surface area (Å²) in [6.45, 7) is 0.682. The van der Waals surface area contributed by atoms with Gasteiger partial charge in [-0.25, -0.2) is 0 Å². The number of nitrogens with one attached hydrogen (secondary N) is 2. The molecule has 0 atom stereocenters. The second-order valence-electron chi connectivity index (χ2n) is 4.43. The molecule has 0 aliphatic heterocycles. The average Bonchev–Trinajstić information content (AvgIpc) is 2.82. The number of thiocarbonyl (C=S) groups is 1. The van der Waals surface area contributed by atoms with Gasteiger partial charge in [-0.3, -0.25) is 4.57 Å². The first kappa shape index (κ1) is 13.0. The number of imidazole rings is 1. The fourth-order valence-corrected chi connectivity index (χ4v) is 2.73. The molecular formula is C15H13N3S2. The summed E-state index contributed by atoms with van der Waals surface area (Å²) in [4.78, 5) is 3.16. The van der Waals surface area contributed by atoms with Crippen LogP contribution in [0.5, 0.6) is 0 Å². The normalized spacial score (nSPS) is 10.6. The Bertz CT molecular complexity index is 803. The molecule has 100 valence electrons. The predicted octanol–water partition coefficient (Wildman–Crippen LogP) is 3.62. The summed E-state index contributed by atoms with van der Waals surface area (Å²) in [5, 5.41) is 3.85. The van der Waals surface area contributed by atoms with Gasteiger partial charge in [0.15, 0.2) is 9.88 Å². The summed E-state index contributed by atoms with van der Waals surface area (Å²) >= 11 is 10.8. The van der Waals surface area contributed by atoms with E-state index in [4.69, 9.17) is 24.4 Å². The predicted molar refractivity (Wildman–Crippen MR) is 88.4 cm³/mol. The number of benzene rings is 2. The number of aromatic amines is 1. The molecule has 2 N–H and O–H groups in total. The largest absolute Gasteiger partial charge is 0.358 e. The molecule has 0 fully saturated rings. The fourth-order valence-electron chi connectivity index (χ4n) is 2.11. The highest BCUT2D eigenvalue weighted by molar-refractivity contribution is 7.80.